The topological polar surface area (TPSA) is 101 Å². The number of hydrogen-bond acceptors (Lipinski definition) is 5. The quantitative estimate of drug-likeness (QED) is 0.367. The van der Waals surface area contributed by atoms with Crippen molar-refractivity contribution in [3.63, 3.8) is 0 Å². The van der Waals surface area contributed by atoms with Gasteiger partial charge in [0.25, 0.3) is 5.69 Å². The summed E-state index contributed by atoms with van der Waals surface area (Å²) in [6.07, 6.45) is 0.195. The largest absolute Gasteiger partial charge is 0.387 e. The molecule has 0 bridgehead atoms. The lowest BCUT2D eigenvalue weighted by molar-refractivity contribution is -0.384. The Balaban J connectivity index is 2.46. The molecule has 94 valence electrons. The number of nitrogens with zero attached hydrogens (tertiary/aromatic N) is 1. The van der Waals surface area contributed by atoms with Crippen LogP contribution in [0.25, 0.3) is 0 Å². The normalized spacial score (nSPS) is 12.4. The predicted molar refractivity (Wildman–Crippen MR) is 64.6 cm³/mol. The van der Waals surface area contributed by atoms with Crippen LogP contribution in [0.4, 0.5) is 5.69 Å². The predicted octanol–water partition coefficient (Wildman–Crippen LogP) is 0.567. The number of nitro groups is 1. The lowest BCUT2D eigenvalue weighted by Crippen LogP contribution is -2.24. The first-order valence-electron chi connectivity index (χ1n) is 5.48. The summed E-state index contributed by atoms with van der Waals surface area (Å²) in [5.41, 5.74) is 6.02. The summed E-state index contributed by atoms with van der Waals surface area (Å²) in [4.78, 5) is 9.98. The molecule has 1 rings (SSSR count). The molecule has 0 aliphatic heterocycles. The molecule has 0 saturated carbocycles. The van der Waals surface area contributed by atoms with E-state index in [1.807, 2.05) is 0 Å². The van der Waals surface area contributed by atoms with Crippen LogP contribution in [0.2, 0.25) is 0 Å². The van der Waals surface area contributed by atoms with Gasteiger partial charge in [0.15, 0.2) is 0 Å². The van der Waals surface area contributed by atoms with Gasteiger partial charge < -0.3 is 16.2 Å². The first-order chi connectivity index (χ1) is 8.15. The lowest BCUT2D eigenvalue weighted by Gasteiger charge is -2.11. The molecule has 1 aromatic carbocycles. The molecule has 0 aliphatic rings. The molecule has 1 atom stereocenters. The second kappa shape index (κ2) is 6.95. The molecule has 1 aromatic rings. The number of nitrogens with one attached hydrogen (secondary N) is 1. The van der Waals surface area contributed by atoms with Gasteiger partial charge in [-0.3, -0.25) is 10.1 Å². The molecule has 0 fully saturated rings. The van der Waals surface area contributed by atoms with Gasteiger partial charge in [0.2, 0.25) is 0 Å². The molecule has 0 amide bonds. The van der Waals surface area contributed by atoms with Crippen molar-refractivity contribution in [3.05, 3.63) is 39.9 Å². The molecule has 6 heteroatoms. The van der Waals surface area contributed by atoms with E-state index in [1.54, 1.807) is 12.1 Å². The van der Waals surface area contributed by atoms with E-state index in [4.69, 9.17) is 5.73 Å². The minimum atomic E-state index is -0.659. The molecule has 6 nitrogen and oxygen atoms in total. The molecule has 0 aliphatic carbocycles. The molecular formula is C11H17N3O3. The van der Waals surface area contributed by atoms with Gasteiger partial charge in [-0.15, -0.1) is 0 Å². The zero-order valence-electron chi connectivity index (χ0n) is 9.50. The van der Waals surface area contributed by atoms with Crippen molar-refractivity contribution >= 4 is 5.69 Å². The Morgan fingerprint density at radius 3 is 2.59 bits per heavy atom. The summed E-state index contributed by atoms with van der Waals surface area (Å²) in [6, 6.07) is 5.90. The number of nitro benzene ring substituents is 1. The number of rotatable bonds is 7. The highest BCUT2D eigenvalue weighted by Crippen LogP contribution is 2.17. The zero-order valence-corrected chi connectivity index (χ0v) is 9.50. The van der Waals surface area contributed by atoms with E-state index in [9.17, 15) is 15.2 Å². The Kier molecular flexibility index (Phi) is 5.55. The third-order valence-corrected chi connectivity index (χ3v) is 2.38. The average molecular weight is 239 g/mol. The van der Waals surface area contributed by atoms with E-state index >= 15 is 0 Å². The van der Waals surface area contributed by atoms with E-state index in [2.05, 4.69) is 5.32 Å². The zero-order chi connectivity index (χ0) is 12.7. The van der Waals surface area contributed by atoms with Crippen LogP contribution in [0, 0.1) is 10.1 Å². The van der Waals surface area contributed by atoms with Gasteiger partial charge in [0.1, 0.15) is 0 Å². The minimum absolute atomic E-state index is 0.0250. The minimum Gasteiger partial charge on any atom is -0.387 e. The van der Waals surface area contributed by atoms with Gasteiger partial charge in [-0.1, -0.05) is 0 Å². The summed E-state index contributed by atoms with van der Waals surface area (Å²) in [5.74, 6) is 0. The average Bonchev–Trinajstić information content (AvgIpc) is 2.34. The van der Waals surface area contributed by atoms with Crippen molar-refractivity contribution in [2.24, 2.45) is 5.73 Å². The van der Waals surface area contributed by atoms with Crippen LogP contribution in [-0.2, 0) is 0 Å². The Hall–Kier alpha value is -1.50. The number of benzene rings is 1. The number of aliphatic hydroxyl groups is 1. The molecule has 0 heterocycles. The third kappa shape index (κ3) is 4.48. The van der Waals surface area contributed by atoms with E-state index in [-0.39, 0.29) is 5.69 Å². The maximum absolute atomic E-state index is 10.4. The molecule has 1 unspecified atom stereocenters. The van der Waals surface area contributed by atoms with Crippen molar-refractivity contribution < 1.29 is 10.0 Å². The van der Waals surface area contributed by atoms with E-state index in [0.717, 1.165) is 13.0 Å². The number of aliphatic hydroxyl groups excluding tert-OH is 1. The van der Waals surface area contributed by atoms with Crippen molar-refractivity contribution in [1.29, 1.82) is 0 Å². The number of nitrogens with two attached hydrogens (primary N) is 1. The molecule has 0 spiro atoms. The van der Waals surface area contributed by atoms with Gasteiger partial charge in [0.05, 0.1) is 11.0 Å². The summed E-state index contributed by atoms with van der Waals surface area (Å²) in [7, 11) is 0. The Morgan fingerprint density at radius 2 is 2.06 bits per heavy atom. The van der Waals surface area contributed by atoms with Crippen molar-refractivity contribution in [2.45, 2.75) is 12.5 Å². The molecular weight excluding hydrogens is 222 g/mol. The SMILES string of the molecule is NCCCNCC(O)c1ccc([N+](=O)[O-])cc1. The van der Waals surface area contributed by atoms with E-state index in [1.165, 1.54) is 12.1 Å². The van der Waals surface area contributed by atoms with E-state index < -0.39 is 11.0 Å². The standard InChI is InChI=1S/C11H17N3O3/c12-6-1-7-13-8-11(15)9-2-4-10(5-3-9)14(16)17/h2-5,11,13,15H,1,6-8,12H2. The fourth-order valence-electron chi connectivity index (χ4n) is 1.40. The smallest absolute Gasteiger partial charge is 0.269 e. The lowest BCUT2D eigenvalue weighted by atomic mass is 10.1. The summed E-state index contributed by atoms with van der Waals surface area (Å²) >= 11 is 0. The van der Waals surface area contributed by atoms with E-state index in [0.29, 0.717) is 18.7 Å². The maximum Gasteiger partial charge on any atom is 0.269 e. The van der Waals surface area contributed by atoms with Crippen molar-refractivity contribution in [2.75, 3.05) is 19.6 Å². The Labute approximate surface area is 99.6 Å². The van der Waals surface area contributed by atoms with Crippen LogP contribution in [0.1, 0.15) is 18.1 Å². The van der Waals surface area contributed by atoms with Crippen molar-refractivity contribution in [1.82, 2.24) is 5.32 Å². The highest BCUT2D eigenvalue weighted by atomic mass is 16.6. The van der Waals surface area contributed by atoms with Gasteiger partial charge in [-0.2, -0.15) is 0 Å². The first-order valence-corrected chi connectivity index (χ1v) is 5.48. The van der Waals surface area contributed by atoms with Gasteiger partial charge in [-0.05, 0) is 37.2 Å². The van der Waals surface area contributed by atoms with Crippen LogP contribution in [0.15, 0.2) is 24.3 Å². The number of non-ortho nitro benzene ring substituents is 1. The van der Waals surface area contributed by atoms with Crippen LogP contribution in [0.5, 0.6) is 0 Å². The van der Waals surface area contributed by atoms with Crippen molar-refractivity contribution in [3.8, 4) is 0 Å². The summed E-state index contributed by atoms with van der Waals surface area (Å²) in [5, 5.41) is 23.3. The van der Waals surface area contributed by atoms with Crippen LogP contribution in [0.3, 0.4) is 0 Å². The van der Waals surface area contributed by atoms with Gasteiger partial charge in [-0.25, -0.2) is 0 Å². The third-order valence-electron chi connectivity index (χ3n) is 2.38. The summed E-state index contributed by atoms with van der Waals surface area (Å²) < 4.78 is 0. The second-order valence-corrected chi connectivity index (χ2v) is 3.71. The highest BCUT2D eigenvalue weighted by Gasteiger charge is 2.09. The Morgan fingerprint density at radius 1 is 1.41 bits per heavy atom. The molecule has 0 saturated heterocycles. The molecule has 0 radical (unpaired) electrons. The first kappa shape index (κ1) is 13.6. The second-order valence-electron chi connectivity index (χ2n) is 3.71. The molecule has 4 N–H and O–H groups in total. The van der Waals surface area contributed by atoms with Gasteiger partial charge in [0, 0.05) is 18.7 Å². The fraction of sp³-hybridized carbons (Fsp3) is 0.455. The highest BCUT2D eigenvalue weighted by molar-refractivity contribution is 5.33. The monoisotopic (exact) mass is 239 g/mol. The summed E-state index contributed by atoms with van der Waals surface area (Å²) in [6.45, 7) is 1.78. The number of hydrogen-bond donors (Lipinski definition) is 3. The van der Waals surface area contributed by atoms with Crippen LogP contribution in [-0.4, -0.2) is 29.7 Å². The molecule has 17 heavy (non-hydrogen) atoms. The maximum atomic E-state index is 10.4. The fourth-order valence-corrected chi connectivity index (χ4v) is 1.40. The van der Waals surface area contributed by atoms with Gasteiger partial charge >= 0.3 is 0 Å². The van der Waals surface area contributed by atoms with Crippen LogP contribution < -0.4 is 11.1 Å². The molecule has 0 aromatic heterocycles. The van der Waals surface area contributed by atoms with Crippen LogP contribution >= 0.6 is 0 Å². The Bertz CT molecular complexity index is 353.